The molecule has 0 radical (unpaired) electrons. The standard InChI is InChI=1S/C22H23N3O3/c1-22(2)20(27)19(25-11-5-8-18(25)26)14-12-13(9-10-17(14)28-22)21-23-15-6-3-4-7-16(15)24-21/h3-4,6-7,9-10,12,19-20,27H,5,8,11H2,1-2H3,(H,23,24)/t19-,20+/m1/s1. The molecule has 2 aliphatic rings. The van der Waals surface area contributed by atoms with Crippen LogP contribution in [-0.4, -0.2) is 44.1 Å². The molecule has 0 unspecified atom stereocenters. The van der Waals surface area contributed by atoms with Gasteiger partial charge in [0.15, 0.2) is 0 Å². The Labute approximate surface area is 163 Å². The highest BCUT2D eigenvalue weighted by atomic mass is 16.5. The fraction of sp³-hybridized carbons (Fsp3) is 0.364. The molecule has 0 saturated carbocycles. The Morgan fingerprint density at radius 3 is 2.82 bits per heavy atom. The number of nitrogens with one attached hydrogen (secondary N) is 1. The third-order valence-corrected chi connectivity index (χ3v) is 5.82. The van der Waals surface area contributed by atoms with Crippen LogP contribution in [0, 0.1) is 0 Å². The average Bonchev–Trinajstić information content (AvgIpc) is 3.28. The van der Waals surface area contributed by atoms with E-state index in [-0.39, 0.29) is 5.91 Å². The van der Waals surface area contributed by atoms with Gasteiger partial charge in [-0.25, -0.2) is 4.98 Å². The maximum Gasteiger partial charge on any atom is 0.223 e. The fourth-order valence-electron chi connectivity index (χ4n) is 4.30. The Bertz CT molecular complexity index is 1040. The molecular weight excluding hydrogens is 354 g/mol. The van der Waals surface area contributed by atoms with Crippen molar-refractivity contribution in [2.75, 3.05) is 6.54 Å². The minimum absolute atomic E-state index is 0.0850. The zero-order chi connectivity index (χ0) is 19.5. The number of hydrogen-bond donors (Lipinski definition) is 2. The molecule has 2 aliphatic heterocycles. The number of aromatic nitrogens is 2. The maximum atomic E-state index is 12.5. The van der Waals surface area contributed by atoms with E-state index in [1.165, 1.54) is 0 Å². The van der Waals surface area contributed by atoms with Crippen molar-refractivity contribution in [1.82, 2.24) is 14.9 Å². The fourth-order valence-corrected chi connectivity index (χ4v) is 4.30. The van der Waals surface area contributed by atoms with Gasteiger partial charge in [-0.1, -0.05) is 12.1 Å². The number of benzene rings is 2. The summed E-state index contributed by atoms with van der Waals surface area (Å²) in [5.74, 6) is 1.55. The summed E-state index contributed by atoms with van der Waals surface area (Å²) < 4.78 is 6.09. The first-order valence-corrected chi connectivity index (χ1v) is 9.70. The number of amides is 1. The normalized spacial score (nSPS) is 23.7. The third-order valence-electron chi connectivity index (χ3n) is 5.82. The SMILES string of the molecule is CC1(C)Oc2ccc(-c3nc4ccccc4[nH]3)cc2[C@@H](N2CCCC2=O)[C@@H]1O. The number of likely N-dealkylation sites (tertiary alicyclic amines) is 1. The van der Waals surface area contributed by atoms with Gasteiger partial charge in [0, 0.05) is 24.1 Å². The van der Waals surface area contributed by atoms with E-state index in [4.69, 9.17) is 4.74 Å². The highest BCUT2D eigenvalue weighted by molar-refractivity contribution is 5.80. The van der Waals surface area contributed by atoms with E-state index < -0.39 is 17.7 Å². The number of rotatable bonds is 2. The topological polar surface area (TPSA) is 78.5 Å². The van der Waals surface area contributed by atoms with Gasteiger partial charge >= 0.3 is 0 Å². The lowest BCUT2D eigenvalue weighted by atomic mass is 9.85. The lowest BCUT2D eigenvalue weighted by Crippen LogP contribution is -2.53. The zero-order valence-corrected chi connectivity index (χ0v) is 16.0. The molecule has 1 amide bonds. The molecule has 1 fully saturated rings. The van der Waals surface area contributed by atoms with Crippen LogP contribution in [0.1, 0.15) is 38.3 Å². The number of hydrogen-bond acceptors (Lipinski definition) is 4. The number of imidazole rings is 1. The number of aliphatic hydroxyl groups is 1. The molecule has 3 heterocycles. The van der Waals surface area contributed by atoms with Gasteiger partial charge in [-0.2, -0.15) is 0 Å². The molecule has 2 atom stereocenters. The first-order chi connectivity index (χ1) is 13.4. The monoisotopic (exact) mass is 377 g/mol. The van der Waals surface area contributed by atoms with Crippen LogP contribution in [0.5, 0.6) is 5.75 Å². The minimum Gasteiger partial charge on any atom is -0.485 e. The van der Waals surface area contributed by atoms with Crippen LogP contribution in [0.15, 0.2) is 42.5 Å². The van der Waals surface area contributed by atoms with Gasteiger partial charge < -0.3 is 19.7 Å². The summed E-state index contributed by atoms with van der Waals surface area (Å²) in [6.45, 7) is 4.38. The second-order valence-corrected chi connectivity index (χ2v) is 8.14. The first kappa shape index (κ1) is 17.3. The van der Waals surface area contributed by atoms with Crippen LogP contribution in [0.25, 0.3) is 22.4 Å². The van der Waals surface area contributed by atoms with E-state index in [0.29, 0.717) is 18.7 Å². The number of carbonyl (C=O) groups is 1. The highest BCUT2D eigenvalue weighted by Crippen LogP contribution is 2.45. The maximum absolute atomic E-state index is 12.5. The summed E-state index contributed by atoms with van der Waals surface area (Å²) >= 11 is 0. The summed E-state index contributed by atoms with van der Waals surface area (Å²) in [5, 5.41) is 11.1. The van der Waals surface area contributed by atoms with Crippen molar-refractivity contribution in [2.24, 2.45) is 0 Å². The quantitative estimate of drug-likeness (QED) is 0.717. The molecule has 0 bridgehead atoms. The van der Waals surface area contributed by atoms with Crippen LogP contribution < -0.4 is 4.74 Å². The molecule has 0 aliphatic carbocycles. The predicted octanol–water partition coefficient (Wildman–Crippen LogP) is 3.43. The van der Waals surface area contributed by atoms with E-state index >= 15 is 0 Å². The second-order valence-electron chi connectivity index (χ2n) is 8.14. The Morgan fingerprint density at radius 1 is 1.25 bits per heavy atom. The number of aromatic amines is 1. The first-order valence-electron chi connectivity index (χ1n) is 9.70. The van der Waals surface area contributed by atoms with Gasteiger partial charge in [0.05, 0.1) is 17.1 Å². The van der Waals surface area contributed by atoms with Gasteiger partial charge in [-0.3, -0.25) is 4.79 Å². The Hall–Kier alpha value is -2.86. The molecule has 1 aromatic heterocycles. The molecule has 0 spiro atoms. The van der Waals surface area contributed by atoms with Crippen LogP contribution >= 0.6 is 0 Å². The number of aliphatic hydroxyl groups excluding tert-OH is 1. The lowest BCUT2D eigenvalue weighted by Gasteiger charge is -2.45. The number of ether oxygens (including phenoxy) is 1. The number of fused-ring (bicyclic) bond motifs is 2. The second kappa shape index (κ2) is 6.07. The number of para-hydroxylation sites is 2. The van der Waals surface area contributed by atoms with Gasteiger partial charge in [0.1, 0.15) is 23.3 Å². The molecule has 144 valence electrons. The highest BCUT2D eigenvalue weighted by Gasteiger charge is 2.47. The lowest BCUT2D eigenvalue weighted by molar-refractivity contribution is -0.139. The van der Waals surface area contributed by atoms with Gasteiger partial charge in [-0.05, 0) is 50.6 Å². The molecular formula is C22H23N3O3. The summed E-state index contributed by atoms with van der Waals surface area (Å²) in [6.07, 6.45) is 0.540. The van der Waals surface area contributed by atoms with E-state index in [1.807, 2.05) is 56.3 Å². The zero-order valence-electron chi connectivity index (χ0n) is 16.0. The van der Waals surface area contributed by atoms with Crippen molar-refractivity contribution < 1.29 is 14.6 Å². The van der Waals surface area contributed by atoms with E-state index in [0.717, 1.165) is 34.4 Å². The summed E-state index contributed by atoms with van der Waals surface area (Å²) in [6, 6.07) is 13.3. The van der Waals surface area contributed by atoms with Crippen molar-refractivity contribution in [2.45, 2.75) is 44.4 Å². The molecule has 3 aromatic rings. The van der Waals surface area contributed by atoms with Gasteiger partial charge in [0.25, 0.3) is 0 Å². The van der Waals surface area contributed by atoms with Crippen molar-refractivity contribution in [1.29, 1.82) is 0 Å². The Balaban J connectivity index is 1.63. The molecule has 2 N–H and O–H groups in total. The number of H-pyrrole nitrogens is 1. The van der Waals surface area contributed by atoms with E-state index in [1.54, 1.807) is 4.90 Å². The summed E-state index contributed by atoms with van der Waals surface area (Å²) in [5.41, 5.74) is 2.83. The minimum atomic E-state index is -0.812. The number of carbonyl (C=O) groups excluding carboxylic acids is 1. The number of nitrogens with zero attached hydrogens (tertiary/aromatic N) is 2. The molecule has 1 saturated heterocycles. The van der Waals surface area contributed by atoms with E-state index in [2.05, 4.69) is 9.97 Å². The van der Waals surface area contributed by atoms with Crippen LogP contribution in [0.3, 0.4) is 0 Å². The average molecular weight is 377 g/mol. The summed E-state index contributed by atoms with van der Waals surface area (Å²) in [4.78, 5) is 22.3. The Morgan fingerprint density at radius 2 is 2.07 bits per heavy atom. The predicted molar refractivity (Wildman–Crippen MR) is 106 cm³/mol. The summed E-state index contributed by atoms with van der Waals surface area (Å²) in [7, 11) is 0. The Kier molecular flexibility index (Phi) is 3.74. The van der Waals surface area contributed by atoms with E-state index in [9.17, 15) is 9.90 Å². The van der Waals surface area contributed by atoms with Crippen molar-refractivity contribution in [3.05, 3.63) is 48.0 Å². The smallest absolute Gasteiger partial charge is 0.223 e. The third kappa shape index (κ3) is 2.59. The largest absolute Gasteiger partial charge is 0.485 e. The van der Waals surface area contributed by atoms with Crippen LogP contribution in [-0.2, 0) is 4.79 Å². The molecule has 6 nitrogen and oxygen atoms in total. The van der Waals surface area contributed by atoms with Gasteiger partial charge in [-0.15, -0.1) is 0 Å². The van der Waals surface area contributed by atoms with Gasteiger partial charge in [0.2, 0.25) is 5.91 Å². The molecule has 5 rings (SSSR count). The molecule has 28 heavy (non-hydrogen) atoms. The van der Waals surface area contributed by atoms with Crippen molar-refractivity contribution in [3.63, 3.8) is 0 Å². The molecule has 6 heteroatoms. The van der Waals surface area contributed by atoms with Crippen LogP contribution in [0.4, 0.5) is 0 Å². The van der Waals surface area contributed by atoms with Crippen molar-refractivity contribution >= 4 is 16.9 Å². The van der Waals surface area contributed by atoms with Crippen molar-refractivity contribution in [3.8, 4) is 17.1 Å². The molecule has 2 aromatic carbocycles. The van der Waals surface area contributed by atoms with Crippen LogP contribution in [0.2, 0.25) is 0 Å².